The third-order valence-corrected chi connectivity index (χ3v) is 10.3. The molecule has 0 aliphatic rings. The molecule has 0 aliphatic heterocycles. The third kappa shape index (κ3) is 35.4. The second-order valence-corrected chi connectivity index (χ2v) is 15.7. The zero-order valence-corrected chi connectivity index (χ0v) is 33.5. The third-order valence-electron chi connectivity index (χ3n) is 9.28. The van der Waals surface area contributed by atoms with Crippen LogP contribution in [0.5, 0.6) is 0 Å². The van der Waals surface area contributed by atoms with Gasteiger partial charge in [-0.25, -0.2) is 4.57 Å². The number of allylic oxidation sites excluding steroid dienone is 3. The molecule has 0 fully saturated rings. The van der Waals surface area contributed by atoms with Crippen LogP contribution >= 0.6 is 7.82 Å². The molecular weight excluding hydrogens is 647 g/mol. The minimum absolute atomic E-state index is 0.0757. The van der Waals surface area contributed by atoms with Crippen molar-refractivity contribution in [1.82, 2.24) is 5.32 Å². The average Bonchev–Trinajstić information content (AvgIpc) is 3.10. The number of phosphoric acid groups is 1. The van der Waals surface area contributed by atoms with Crippen molar-refractivity contribution in [2.75, 3.05) is 19.8 Å². The first-order chi connectivity index (χ1) is 24.4. The number of carbonyl (C=O) groups excluding carboxylic acids is 1. The Balaban J connectivity index is 4.24. The Morgan fingerprint density at radius 1 is 0.640 bits per heavy atom. The second kappa shape index (κ2) is 37.7. The lowest BCUT2D eigenvalue weighted by molar-refractivity contribution is -0.123. The van der Waals surface area contributed by atoms with Gasteiger partial charge in [0, 0.05) is 13.0 Å². The molecule has 1 amide bonds. The van der Waals surface area contributed by atoms with E-state index in [1.165, 1.54) is 141 Å². The van der Waals surface area contributed by atoms with Crippen molar-refractivity contribution in [1.29, 1.82) is 0 Å². The molecule has 0 bridgehead atoms. The predicted octanol–water partition coefficient (Wildman–Crippen LogP) is 11.4. The molecule has 50 heavy (non-hydrogen) atoms. The zero-order chi connectivity index (χ0) is 36.8. The molecule has 0 saturated carbocycles. The first kappa shape index (κ1) is 49.0. The molecule has 9 heteroatoms. The van der Waals surface area contributed by atoms with Crippen molar-refractivity contribution in [2.24, 2.45) is 5.73 Å². The highest BCUT2D eigenvalue weighted by Gasteiger charge is 2.26. The summed E-state index contributed by atoms with van der Waals surface area (Å²) in [6.07, 6.45) is 42.3. The molecule has 3 unspecified atom stereocenters. The second-order valence-electron chi connectivity index (χ2n) is 14.2. The lowest BCUT2D eigenvalue weighted by atomic mass is 10.0. The number of aliphatic hydroxyl groups excluding tert-OH is 1. The van der Waals surface area contributed by atoms with E-state index in [0.29, 0.717) is 6.42 Å². The Kier molecular flexibility index (Phi) is 37.0. The Morgan fingerprint density at radius 2 is 1.06 bits per heavy atom. The summed E-state index contributed by atoms with van der Waals surface area (Å²) in [6, 6.07) is -0.871. The van der Waals surface area contributed by atoms with E-state index < -0.39 is 20.0 Å². The lowest BCUT2D eigenvalue weighted by Gasteiger charge is -2.23. The summed E-state index contributed by atoms with van der Waals surface area (Å²) in [7, 11) is -4.34. The summed E-state index contributed by atoms with van der Waals surface area (Å²) in [5, 5.41) is 13.6. The molecule has 0 aromatic rings. The minimum Gasteiger partial charge on any atom is -0.387 e. The van der Waals surface area contributed by atoms with E-state index in [4.69, 9.17) is 14.8 Å². The van der Waals surface area contributed by atoms with E-state index in [2.05, 4.69) is 31.3 Å². The molecule has 0 radical (unpaired) electrons. The molecule has 5 N–H and O–H groups in total. The molecule has 0 saturated heterocycles. The maximum atomic E-state index is 12.7. The van der Waals surface area contributed by atoms with Crippen LogP contribution in [0.4, 0.5) is 0 Å². The van der Waals surface area contributed by atoms with Crippen LogP contribution < -0.4 is 11.1 Å². The first-order valence-corrected chi connectivity index (χ1v) is 22.5. The number of phosphoric ester groups is 1. The fraction of sp³-hybridized carbons (Fsp3) is 0.878. The van der Waals surface area contributed by atoms with Gasteiger partial charge in [-0.3, -0.25) is 13.8 Å². The van der Waals surface area contributed by atoms with Gasteiger partial charge >= 0.3 is 7.82 Å². The van der Waals surface area contributed by atoms with Crippen LogP contribution in [0.25, 0.3) is 0 Å². The van der Waals surface area contributed by atoms with Crippen LogP contribution in [0.15, 0.2) is 24.3 Å². The van der Waals surface area contributed by atoms with E-state index in [1.54, 1.807) is 6.08 Å². The lowest BCUT2D eigenvalue weighted by Crippen LogP contribution is -2.45. The number of unbranched alkanes of at least 4 members (excludes halogenated alkanes) is 25. The Hall–Kier alpha value is -1.02. The smallest absolute Gasteiger partial charge is 0.387 e. The van der Waals surface area contributed by atoms with Gasteiger partial charge in [0.05, 0.1) is 25.4 Å². The number of rotatable bonds is 39. The molecule has 0 rings (SSSR count). The average molecular weight is 729 g/mol. The molecule has 0 heterocycles. The number of hydrogen-bond donors (Lipinski definition) is 4. The summed E-state index contributed by atoms with van der Waals surface area (Å²) in [4.78, 5) is 22.6. The van der Waals surface area contributed by atoms with E-state index in [0.717, 1.165) is 38.5 Å². The summed E-state index contributed by atoms with van der Waals surface area (Å²) in [5.74, 6) is -0.205. The quantitative estimate of drug-likeness (QED) is 0.0281. The standard InChI is InChI=1S/C41H81N2O6P/c1-3-5-7-9-11-13-15-16-17-18-19-20-21-22-23-25-26-28-30-32-34-40(44)39(38-49-50(46,47)48-37-36-42)43-41(45)35-33-31-29-27-24-14-12-10-8-6-4-2/h25-26,32,34,39-40,44H,3-24,27-31,33,35-38,42H2,1-2H3,(H,43,45)(H,46,47)/b26-25+,34-32+. The van der Waals surface area contributed by atoms with E-state index in [1.807, 2.05) is 6.08 Å². The van der Waals surface area contributed by atoms with Crippen molar-refractivity contribution < 1.29 is 28.4 Å². The van der Waals surface area contributed by atoms with Crippen molar-refractivity contribution in [3.05, 3.63) is 24.3 Å². The normalized spacial score (nSPS) is 14.4. The maximum Gasteiger partial charge on any atom is 0.472 e. The largest absolute Gasteiger partial charge is 0.472 e. The number of nitrogens with one attached hydrogen (secondary N) is 1. The molecule has 0 aliphatic carbocycles. The van der Waals surface area contributed by atoms with Gasteiger partial charge in [-0.15, -0.1) is 0 Å². The number of hydrogen-bond acceptors (Lipinski definition) is 6. The highest BCUT2D eigenvalue weighted by Crippen LogP contribution is 2.43. The molecule has 0 spiro atoms. The Labute approximate surface area is 308 Å². The van der Waals surface area contributed by atoms with Crippen LogP contribution in [-0.4, -0.2) is 47.8 Å². The van der Waals surface area contributed by atoms with E-state index in [-0.39, 0.29) is 25.7 Å². The number of amides is 1. The van der Waals surface area contributed by atoms with Gasteiger partial charge in [-0.05, 0) is 32.1 Å². The van der Waals surface area contributed by atoms with E-state index in [9.17, 15) is 19.4 Å². The van der Waals surface area contributed by atoms with Crippen LogP contribution in [0.2, 0.25) is 0 Å². The van der Waals surface area contributed by atoms with Gasteiger partial charge < -0.3 is 21.1 Å². The fourth-order valence-electron chi connectivity index (χ4n) is 6.09. The Morgan fingerprint density at radius 3 is 1.54 bits per heavy atom. The molecule has 3 atom stereocenters. The molecule has 296 valence electrons. The van der Waals surface area contributed by atoms with Gasteiger partial charge in [-0.2, -0.15) is 0 Å². The molecule has 8 nitrogen and oxygen atoms in total. The minimum atomic E-state index is -4.34. The van der Waals surface area contributed by atoms with Crippen molar-refractivity contribution in [3.8, 4) is 0 Å². The molecule has 0 aromatic carbocycles. The molecular formula is C41H81N2O6P. The maximum absolute atomic E-state index is 12.7. The van der Waals surface area contributed by atoms with Crippen LogP contribution in [0.3, 0.4) is 0 Å². The van der Waals surface area contributed by atoms with Crippen LogP contribution in [0, 0.1) is 0 Å². The summed E-state index contributed by atoms with van der Waals surface area (Å²) < 4.78 is 22.0. The van der Waals surface area contributed by atoms with Crippen molar-refractivity contribution >= 4 is 13.7 Å². The van der Waals surface area contributed by atoms with Gasteiger partial charge in [0.2, 0.25) is 5.91 Å². The number of nitrogens with two attached hydrogens (primary N) is 1. The summed E-state index contributed by atoms with van der Waals surface area (Å²) in [6.45, 7) is 4.11. The first-order valence-electron chi connectivity index (χ1n) is 21.0. The van der Waals surface area contributed by atoms with Crippen LogP contribution in [-0.2, 0) is 18.4 Å². The molecule has 0 aromatic heterocycles. The highest BCUT2D eigenvalue weighted by atomic mass is 31.2. The van der Waals surface area contributed by atoms with E-state index >= 15 is 0 Å². The number of carbonyl (C=O) groups is 1. The van der Waals surface area contributed by atoms with Gasteiger partial charge in [0.1, 0.15) is 0 Å². The monoisotopic (exact) mass is 729 g/mol. The predicted molar refractivity (Wildman–Crippen MR) is 212 cm³/mol. The highest BCUT2D eigenvalue weighted by molar-refractivity contribution is 7.47. The fourth-order valence-corrected chi connectivity index (χ4v) is 6.85. The van der Waals surface area contributed by atoms with Gasteiger partial charge in [0.25, 0.3) is 0 Å². The van der Waals surface area contributed by atoms with Gasteiger partial charge in [0.15, 0.2) is 0 Å². The SMILES string of the molecule is CCCCCCCCCCCCCCCC/C=C/CC/C=C/C(O)C(COP(=O)(O)OCCN)NC(=O)CCCCCCCCCCCCC. The summed E-state index contributed by atoms with van der Waals surface area (Å²) >= 11 is 0. The zero-order valence-electron chi connectivity index (χ0n) is 32.6. The van der Waals surface area contributed by atoms with Crippen molar-refractivity contribution in [3.63, 3.8) is 0 Å². The van der Waals surface area contributed by atoms with Crippen molar-refractivity contribution in [2.45, 2.75) is 212 Å². The number of aliphatic hydroxyl groups is 1. The van der Waals surface area contributed by atoms with Crippen LogP contribution in [0.1, 0.15) is 200 Å². The Bertz CT molecular complexity index is 840. The summed E-state index contributed by atoms with van der Waals surface area (Å²) in [5.41, 5.74) is 5.36. The topological polar surface area (TPSA) is 131 Å². The van der Waals surface area contributed by atoms with Gasteiger partial charge in [-0.1, -0.05) is 186 Å².